The smallest absolute Gasteiger partial charge is 0.462 e. The molecule has 590 valence electrons. The van der Waals surface area contributed by atoms with Crippen molar-refractivity contribution in [3.63, 3.8) is 0 Å². The lowest BCUT2D eigenvalue weighted by Crippen LogP contribution is -2.67. The Bertz CT molecular complexity index is 2060. The first-order valence-electron chi connectivity index (χ1n) is 40.7. The standard InChI is InChI=1S/C78H149N2O19P/c1-7-9-11-13-15-17-19-20-22-30-36-42-48-54-69(86)95-64(53-47-41-35-29-24-26-32-38-44-50-61(5)6)57-68(85)79-71-75(90)73(88)65(58-81)96-77(71)94-59-66-74(89)76(98-70(87)56-63(83)52-46-40-34-27-21-18-16-14-12-10-8-2)72(78(97-66)99-100(91,92)93)80-67(84)55-62(82)51-45-39-33-28-23-25-31-37-43-49-60(3)4/h60-66,71-78,81-83,88-90H,7-59H2,1-6H3,(H,79,85)(H,80,84)(H2,91,92,93)/t62?,63?,64?,65-,66-,71-,72-,73-,74-,75-,76-,77-,78-/m1/s1. The number of carbonyl (C=O) groups is 4. The van der Waals surface area contributed by atoms with Crippen molar-refractivity contribution in [3.8, 4) is 0 Å². The van der Waals surface area contributed by atoms with Gasteiger partial charge < -0.3 is 74.7 Å². The number of aliphatic hydroxyl groups excluding tert-OH is 6. The van der Waals surface area contributed by atoms with E-state index in [0.29, 0.717) is 43.9 Å². The zero-order chi connectivity index (χ0) is 73.6. The van der Waals surface area contributed by atoms with E-state index in [2.05, 4.69) is 52.2 Å². The Balaban J connectivity index is 2.29. The van der Waals surface area contributed by atoms with Crippen molar-refractivity contribution in [2.24, 2.45) is 11.8 Å². The van der Waals surface area contributed by atoms with Gasteiger partial charge in [0.15, 0.2) is 18.7 Å². The second kappa shape index (κ2) is 59.7. The van der Waals surface area contributed by atoms with Gasteiger partial charge in [-0.3, -0.25) is 23.7 Å². The van der Waals surface area contributed by atoms with Crippen LogP contribution in [0.15, 0.2) is 0 Å². The summed E-state index contributed by atoms with van der Waals surface area (Å²) >= 11 is 0. The molecule has 2 fully saturated rings. The zero-order valence-corrected chi connectivity index (χ0v) is 64.5. The highest BCUT2D eigenvalue weighted by molar-refractivity contribution is 7.46. The van der Waals surface area contributed by atoms with E-state index in [1.165, 1.54) is 161 Å². The van der Waals surface area contributed by atoms with E-state index in [-0.39, 0.29) is 25.7 Å². The number of aliphatic hydroxyl groups is 6. The van der Waals surface area contributed by atoms with Crippen LogP contribution in [0.4, 0.5) is 0 Å². The lowest BCUT2D eigenvalue weighted by Gasteiger charge is -2.45. The minimum atomic E-state index is -5.52. The summed E-state index contributed by atoms with van der Waals surface area (Å²) in [6, 6.07) is -3.38. The molecule has 2 aliphatic heterocycles. The molecule has 2 saturated heterocycles. The Morgan fingerprint density at radius 2 is 0.800 bits per heavy atom. The Morgan fingerprint density at radius 1 is 0.430 bits per heavy atom. The number of hydrogen-bond acceptors (Lipinski definition) is 17. The highest BCUT2D eigenvalue weighted by Crippen LogP contribution is 2.42. The summed E-state index contributed by atoms with van der Waals surface area (Å²) < 4.78 is 47.6. The monoisotopic (exact) mass is 1450 g/mol. The lowest BCUT2D eigenvalue weighted by atomic mass is 9.95. The van der Waals surface area contributed by atoms with Crippen LogP contribution in [0, 0.1) is 11.8 Å². The van der Waals surface area contributed by atoms with Crippen molar-refractivity contribution >= 4 is 31.6 Å². The average Bonchev–Trinajstić information content (AvgIpc) is 0.790. The Hall–Kier alpha value is -2.37. The van der Waals surface area contributed by atoms with E-state index in [0.717, 1.165) is 96.3 Å². The van der Waals surface area contributed by atoms with Crippen molar-refractivity contribution < 1.29 is 92.4 Å². The van der Waals surface area contributed by atoms with E-state index in [1.54, 1.807) is 0 Å². The lowest BCUT2D eigenvalue weighted by molar-refractivity contribution is -0.297. The number of carbonyl (C=O) groups excluding carboxylic acids is 4. The third-order valence-electron chi connectivity index (χ3n) is 19.9. The fraction of sp³-hybridized carbons (Fsp3) is 0.949. The number of rotatable bonds is 66. The molecule has 22 heteroatoms. The highest BCUT2D eigenvalue weighted by Gasteiger charge is 2.52. The molecular weight excluding hydrogens is 1300 g/mol. The molecule has 13 atom stereocenters. The van der Waals surface area contributed by atoms with E-state index >= 15 is 0 Å². The minimum Gasteiger partial charge on any atom is -0.462 e. The van der Waals surface area contributed by atoms with Gasteiger partial charge in [-0.15, -0.1) is 0 Å². The molecule has 3 unspecified atom stereocenters. The first-order chi connectivity index (χ1) is 48.1. The fourth-order valence-corrected chi connectivity index (χ4v) is 14.2. The van der Waals surface area contributed by atoms with Gasteiger partial charge in [0.25, 0.3) is 0 Å². The van der Waals surface area contributed by atoms with Crippen LogP contribution < -0.4 is 10.6 Å². The minimum absolute atomic E-state index is 0.193. The maximum absolute atomic E-state index is 14.2. The van der Waals surface area contributed by atoms with Crippen LogP contribution >= 0.6 is 7.82 Å². The van der Waals surface area contributed by atoms with Crippen LogP contribution in [0.1, 0.15) is 369 Å². The van der Waals surface area contributed by atoms with Crippen LogP contribution in [-0.2, 0) is 52.0 Å². The Kier molecular flexibility index (Phi) is 56.0. The normalized spacial score (nSPS) is 22.1. The topological polar surface area (TPSA) is 327 Å². The zero-order valence-electron chi connectivity index (χ0n) is 63.7. The molecule has 0 aliphatic carbocycles. The number of phosphoric ester groups is 1. The van der Waals surface area contributed by atoms with Gasteiger partial charge in [-0.05, 0) is 43.9 Å². The van der Waals surface area contributed by atoms with E-state index < -0.39 is 137 Å². The predicted molar refractivity (Wildman–Crippen MR) is 394 cm³/mol. The predicted octanol–water partition coefficient (Wildman–Crippen LogP) is 15.4. The Labute approximate surface area is 605 Å². The third kappa shape index (κ3) is 48.0. The number of phosphoric acid groups is 1. The van der Waals surface area contributed by atoms with Gasteiger partial charge in [0, 0.05) is 6.42 Å². The number of nitrogens with one attached hydrogen (secondary N) is 2. The molecule has 0 saturated carbocycles. The number of ether oxygens (including phenoxy) is 5. The molecule has 10 N–H and O–H groups in total. The van der Waals surface area contributed by atoms with Crippen molar-refractivity contribution in [1.82, 2.24) is 10.6 Å². The quantitative estimate of drug-likeness (QED) is 0.0154. The van der Waals surface area contributed by atoms with Gasteiger partial charge in [-0.1, -0.05) is 311 Å². The van der Waals surface area contributed by atoms with Gasteiger partial charge in [0.2, 0.25) is 11.8 Å². The van der Waals surface area contributed by atoms with Gasteiger partial charge in [-0.25, -0.2) is 4.57 Å². The SMILES string of the molecule is CCCCCCCCCCCCCCCC(=O)OC(CCCCCCCCCCCC(C)C)CC(=O)N[C@H]1[C@H](OC[C@H]2O[C@H](OP(=O)(O)O)[C@H](NC(=O)CC(O)CCCCCCCCCCCC(C)C)[C@@H](OC(=O)CC(O)CCCCCCCCCCCCC)[C@@H]2O)O[C@H](CO)[C@@H](O)[C@@H]1O. The molecule has 0 radical (unpaired) electrons. The molecule has 2 heterocycles. The molecule has 0 aromatic rings. The largest absolute Gasteiger partial charge is 0.472 e. The van der Waals surface area contributed by atoms with E-state index in [1.807, 2.05) is 0 Å². The maximum Gasteiger partial charge on any atom is 0.472 e. The molecule has 21 nitrogen and oxygen atoms in total. The van der Waals surface area contributed by atoms with Gasteiger partial charge in [0.1, 0.15) is 48.7 Å². The molecular formula is C78H149N2O19P. The summed E-state index contributed by atoms with van der Waals surface area (Å²) in [5.74, 6) is -1.55. The van der Waals surface area contributed by atoms with E-state index in [4.69, 9.17) is 28.2 Å². The van der Waals surface area contributed by atoms with E-state index in [9.17, 15) is 64.2 Å². The number of esters is 2. The molecule has 0 bridgehead atoms. The first-order valence-corrected chi connectivity index (χ1v) is 42.3. The summed E-state index contributed by atoms with van der Waals surface area (Å²) in [6.45, 7) is 11.8. The summed E-state index contributed by atoms with van der Waals surface area (Å²) in [5, 5.41) is 72.5. The second-order valence-electron chi connectivity index (χ2n) is 30.5. The van der Waals surface area contributed by atoms with Gasteiger partial charge in [0.05, 0.1) is 44.7 Å². The first kappa shape index (κ1) is 93.7. The molecule has 0 spiro atoms. The summed E-state index contributed by atoms with van der Waals surface area (Å²) in [4.78, 5) is 75.7. The van der Waals surface area contributed by atoms with Crippen LogP contribution in [-0.4, -0.2) is 157 Å². The van der Waals surface area contributed by atoms with Crippen molar-refractivity contribution in [2.75, 3.05) is 13.2 Å². The second-order valence-corrected chi connectivity index (χ2v) is 31.7. The van der Waals surface area contributed by atoms with Gasteiger partial charge >= 0.3 is 19.8 Å². The molecule has 2 aliphatic rings. The number of amides is 2. The number of hydrogen-bond donors (Lipinski definition) is 10. The highest BCUT2D eigenvalue weighted by atomic mass is 31.2. The van der Waals surface area contributed by atoms with Crippen LogP contribution in [0.2, 0.25) is 0 Å². The molecule has 100 heavy (non-hydrogen) atoms. The van der Waals surface area contributed by atoms with Crippen LogP contribution in [0.5, 0.6) is 0 Å². The van der Waals surface area contributed by atoms with Crippen molar-refractivity contribution in [1.29, 1.82) is 0 Å². The maximum atomic E-state index is 14.2. The van der Waals surface area contributed by atoms with Crippen LogP contribution in [0.3, 0.4) is 0 Å². The Morgan fingerprint density at radius 3 is 1.22 bits per heavy atom. The molecule has 2 amide bonds. The van der Waals surface area contributed by atoms with Crippen LogP contribution in [0.25, 0.3) is 0 Å². The summed E-state index contributed by atoms with van der Waals surface area (Å²) in [7, 11) is -5.52. The third-order valence-corrected chi connectivity index (χ3v) is 20.4. The van der Waals surface area contributed by atoms with Gasteiger partial charge in [-0.2, -0.15) is 0 Å². The fourth-order valence-electron chi connectivity index (χ4n) is 13.8. The molecule has 2 rings (SSSR count). The summed E-state index contributed by atoms with van der Waals surface area (Å²) in [5.41, 5.74) is 0. The summed E-state index contributed by atoms with van der Waals surface area (Å²) in [6.07, 6.45) is 30.8. The number of unbranched alkanes of at least 4 members (excludes halogenated alkanes) is 38. The van der Waals surface area contributed by atoms with Crippen molar-refractivity contribution in [3.05, 3.63) is 0 Å². The van der Waals surface area contributed by atoms with Crippen molar-refractivity contribution in [2.45, 2.75) is 449 Å². The average molecular weight is 1450 g/mol. The molecule has 0 aromatic heterocycles. The molecule has 0 aromatic carbocycles.